The molecule has 0 saturated carbocycles. The molecule has 1 aromatic rings. The number of hydrogen-bond donors (Lipinski definition) is 0. The smallest absolute Gasteiger partial charge is 1.00 e. The number of unbranched alkanes of at least 4 members (excludes halogenated alkanes) is 2. The number of halogens is 3. The van der Waals surface area contributed by atoms with Crippen molar-refractivity contribution in [3.8, 4) is 0 Å². The topological polar surface area (TPSA) is 0 Å². The average Bonchev–Trinajstić information content (AvgIpc) is 2.88. The zero-order valence-electron chi connectivity index (χ0n) is 17.0. The van der Waals surface area contributed by atoms with E-state index in [4.69, 9.17) is 0 Å². The van der Waals surface area contributed by atoms with Crippen LogP contribution in [0.3, 0.4) is 0 Å². The molecular weight excluding hydrogens is 435 g/mol. The van der Waals surface area contributed by atoms with Gasteiger partial charge < -0.3 is 37.2 Å². The van der Waals surface area contributed by atoms with Gasteiger partial charge in [-0.15, -0.1) is 0 Å². The monoisotopic (exact) mass is 464 g/mol. The van der Waals surface area contributed by atoms with E-state index in [0.29, 0.717) is 0 Å². The quantitative estimate of drug-likeness (QED) is 0.295. The molecule has 2 rings (SSSR count). The molecule has 0 nitrogen and oxygen atoms in total. The van der Waals surface area contributed by atoms with Gasteiger partial charge in [-0.1, -0.05) is 0 Å². The second-order valence-electron chi connectivity index (χ2n) is 7.15. The molecule has 0 radical (unpaired) electrons. The molecule has 0 spiro atoms. The Labute approximate surface area is 193 Å². The minimum Gasteiger partial charge on any atom is -1.00 e. The Morgan fingerprint density at radius 2 is 1.35 bits per heavy atom. The number of rotatable bonds is 6. The molecular formula is C21H31Cl3SiTi. The Morgan fingerprint density at radius 1 is 0.846 bits per heavy atom. The van der Waals surface area contributed by atoms with Crippen LogP contribution in [0.15, 0.2) is 20.7 Å². The Kier molecular flexibility index (Phi) is 14.2. The second-order valence-corrected chi connectivity index (χ2v) is 9.75. The third kappa shape index (κ3) is 6.26. The van der Waals surface area contributed by atoms with E-state index in [9.17, 15) is 0 Å². The maximum absolute atomic E-state index is 2.55. The first kappa shape index (κ1) is 28.7. The molecule has 0 N–H and O–H groups in total. The van der Waals surface area contributed by atoms with Gasteiger partial charge in [0.05, 0.1) is 0 Å². The van der Waals surface area contributed by atoms with Gasteiger partial charge in [0.15, 0.2) is 0 Å². The van der Waals surface area contributed by atoms with Crippen LogP contribution in [0.5, 0.6) is 0 Å². The molecule has 1 aliphatic carbocycles. The van der Waals surface area contributed by atoms with E-state index in [1.54, 1.807) is 31.0 Å². The predicted molar refractivity (Wildman–Crippen MR) is 102 cm³/mol. The molecule has 0 heterocycles. The minimum atomic E-state index is -0.356. The molecule has 0 unspecified atom stereocenters. The van der Waals surface area contributed by atoms with Crippen molar-refractivity contribution in [3.05, 3.63) is 48.5 Å². The van der Waals surface area contributed by atoms with E-state index in [2.05, 4.69) is 68.1 Å². The summed E-state index contributed by atoms with van der Waals surface area (Å²) in [5.41, 5.74) is 9.36. The molecule has 0 saturated heterocycles. The van der Waals surface area contributed by atoms with Crippen LogP contribution in [0.4, 0.5) is 0 Å². The van der Waals surface area contributed by atoms with Crippen LogP contribution in [-0.2, 0) is 20.4 Å². The van der Waals surface area contributed by atoms with Gasteiger partial charge in [-0.25, -0.2) is 0 Å². The third-order valence-corrected chi connectivity index (χ3v) is 9.92. The van der Waals surface area contributed by atoms with Gasteiger partial charge in [0.2, 0.25) is 0 Å². The fourth-order valence-corrected chi connectivity index (χ4v) is 6.77. The predicted octanol–water partition coefficient (Wildman–Crippen LogP) is -4.30. The molecule has 144 valence electrons. The van der Waals surface area contributed by atoms with E-state index in [1.807, 2.05) is 0 Å². The number of benzene rings is 1. The molecule has 0 atom stereocenters. The SMILES string of the molecule is CCCCCC1=[C]([Ti+3])C([SiH2]c2c(C)c(C)c(C)c(C)c2C)=CC1.[Cl-].[Cl-].[Cl-]. The number of allylic oxidation sites excluding steroid dienone is 4. The maximum atomic E-state index is 2.55. The molecule has 1 aliphatic rings. The van der Waals surface area contributed by atoms with Gasteiger partial charge in [-0.2, -0.15) is 0 Å². The van der Waals surface area contributed by atoms with Gasteiger partial charge >= 0.3 is 157 Å². The fourth-order valence-electron chi connectivity index (χ4n) is 3.69. The van der Waals surface area contributed by atoms with Crippen LogP contribution in [0, 0.1) is 34.6 Å². The summed E-state index contributed by atoms with van der Waals surface area (Å²) in [6.45, 7) is 13.9. The zero-order chi connectivity index (χ0) is 17.1. The Bertz CT molecular complexity index is 649. The summed E-state index contributed by atoms with van der Waals surface area (Å²) in [4.78, 5) is 0. The molecule has 0 fully saturated rings. The summed E-state index contributed by atoms with van der Waals surface area (Å²) in [5.74, 6) is 0. The molecule has 1 aromatic carbocycles. The van der Waals surface area contributed by atoms with Crippen LogP contribution in [-0.4, -0.2) is 9.52 Å². The van der Waals surface area contributed by atoms with Crippen LogP contribution in [0.25, 0.3) is 0 Å². The first-order chi connectivity index (χ1) is 10.9. The third-order valence-electron chi connectivity index (χ3n) is 5.87. The summed E-state index contributed by atoms with van der Waals surface area (Å²) in [7, 11) is -0.356. The van der Waals surface area contributed by atoms with Crippen molar-refractivity contribution in [2.75, 3.05) is 0 Å². The molecule has 0 bridgehead atoms. The molecule has 26 heavy (non-hydrogen) atoms. The fraction of sp³-hybridized carbons (Fsp3) is 0.524. The van der Waals surface area contributed by atoms with E-state index >= 15 is 0 Å². The average molecular weight is 466 g/mol. The van der Waals surface area contributed by atoms with Gasteiger partial charge in [0, 0.05) is 0 Å². The second kappa shape index (κ2) is 12.9. The van der Waals surface area contributed by atoms with E-state index in [-0.39, 0.29) is 46.7 Å². The van der Waals surface area contributed by atoms with Gasteiger partial charge in [-0.3, -0.25) is 0 Å². The first-order valence-corrected chi connectivity index (χ1v) is 11.3. The Morgan fingerprint density at radius 3 is 1.85 bits per heavy atom. The van der Waals surface area contributed by atoms with E-state index in [0.717, 1.165) is 0 Å². The van der Waals surface area contributed by atoms with Crippen LogP contribution in [0.2, 0.25) is 0 Å². The van der Waals surface area contributed by atoms with Crippen LogP contribution < -0.4 is 42.4 Å². The normalized spacial score (nSPS) is 13.5. The zero-order valence-corrected chi connectivity index (χ0v) is 22.2. The summed E-state index contributed by atoms with van der Waals surface area (Å²) in [6, 6.07) is 0. The van der Waals surface area contributed by atoms with Crippen molar-refractivity contribution in [1.29, 1.82) is 0 Å². The summed E-state index contributed by atoms with van der Waals surface area (Å²) in [6.07, 6.45) is 9.15. The minimum absolute atomic E-state index is 0. The molecule has 0 aliphatic heterocycles. The Balaban J connectivity index is 0. The van der Waals surface area contributed by atoms with Gasteiger partial charge in [0.25, 0.3) is 0 Å². The van der Waals surface area contributed by atoms with E-state index in [1.165, 1.54) is 48.8 Å². The molecule has 5 heteroatoms. The standard InChI is InChI=1S/C21H31Si.3ClH.Ti/c1-7-8-9-10-19-11-12-20(13-19)22-21-17(5)15(3)14(2)16(4)18(21)6;;;;/h12H,7-11,22H2,1-6H3;3*1H;/q;;;;+3/p-3. The first-order valence-electron chi connectivity index (χ1n) is 9.07. The largest absolute Gasteiger partial charge is 1.00 e. The van der Waals surface area contributed by atoms with Gasteiger partial charge in [-0.05, 0) is 0 Å². The summed E-state index contributed by atoms with van der Waals surface area (Å²) in [5, 5.41) is 3.41. The molecule has 0 aromatic heterocycles. The van der Waals surface area contributed by atoms with E-state index < -0.39 is 0 Å². The van der Waals surface area contributed by atoms with Crippen molar-refractivity contribution in [2.24, 2.45) is 0 Å². The van der Waals surface area contributed by atoms with Gasteiger partial charge in [0.1, 0.15) is 0 Å². The summed E-state index contributed by atoms with van der Waals surface area (Å²) >= 11 is 2.38. The van der Waals surface area contributed by atoms with Crippen molar-refractivity contribution < 1.29 is 57.7 Å². The van der Waals surface area contributed by atoms with Crippen molar-refractivity contribution in [1.82, 2.24) is 0 Å². The maximum Gasteiger partial charge on any atom is -1.00 e. The van der Waals surface area contributed by atoms with Crippen molar-refractivity contribution in [3.63, 3.8) is 0 Å². The van der Waals surface area contributed by atoms with Crippen LogP contribution in [0.1, 0.15) is 66.8 Å². The van der Waals surface area contributed by atoms with Crippen LogP contribution >= 0.6 is 0 Å². The summed E-state index contributed by atoms with van der Waals surface area (Å²) < 4.78 is 1.64. The molecule has 0 amide bonds. The van der Waals surface area contributed by atoms with Crippen molar-refractivity contribution in [2.45, 2.75) is 73.6 Å². The number of hydrogen-bond acceptors (Lipinski definition) is 0. The Hall–Kier alpha value is 0.501. The van der Waals surface area contributed by atoms with Crippen molar-refractivity contribution >= 4 is 14.7 Å².